The van der Waals surface area contributed by atoms with E-state index in [-0.39, 0.29) is 11.9 Å². The maximum Gasteiger partial charge on any atom is 0.239 e. The molecular weight excluding hydrogens is 386 g/mol. The zero-order valence-electron chi connectivity index (χ0n) is 19.0. The summed E-state index contributed by atoms with van der Waals surface area (Å²) in [6.07, 6.45) is 3.01. The minimum atomic E-state index is 0.0344. The molecule has 2 N–H and O–H groups in total. The fourth-order valence-electron chi connectivity index (χ4n) is 3.82. The SMILES string of the molecule is Cc1ccc(CN=C(NCCCN2CCCC2C(=O)N(C)C)Nc2ccccc2)cc1. The van der Waals surface area contributed by atoms with Crippen LogP contribution in [0.2, 0.25) is 0 Å². The standard InChI is InChI=1S/C25H35N5O/c1-20-12-14-21(15-13-20)19-27-25(28-22-9-5-4-6-10-22)26-16-8-18-30-17-7-11-23(30)24(31)29(2)3/h4-6,9-10,12-15,23H,7-8,11,16-19H2,1-3H3,(H2,26,27,28). The van der Waals surface area contributed by atoms with E-state index in [1.54, 1.807) is 4.90 Å². The van der Waals surface area contributed by atoms with Crippen molar-refractivity contribution in [1.82, 2.24) is 15.1 Å². The molecular formula is C25H35N5O. The number of nitrogens with zero attached hydrogens (tertiary/aromatic N) is 3. The molecule has 2 aromatic rings. The number of aliphatic imine (C=N–C) groups is 1. The van der Waals surface area contributed by atoms with Crippen molar-refractivity contribution in [2.75, 3.05) is 39.0 Å². The van der Waals surface area contributed by atoms with Crippen molar-refractivity contribution in [3.63, 3.8) is 0 Å². The number of guanidine groups is 1. The van der Waals surface area contributed by atoms with Gasteiger partial charge in [-0.05, 0) is 50.4 Å². The highest BCUT2D eigenvalue weighted by Gasteiger charge is 2.30. The highest BCUT2D eigenvalue weighted by molar-refractivity contribution is 5.93. The van der Waals surface area contributed by atoms with E-state index in [0.717, 1.165) is 50.5 Å². The van der Waals surface area contributed by atoms with E-state index in [9.17, 15) is 4.79 Å². The summed E-state index contributed by atoms with van der Waals surface area (Å²) in [5.41, 5.74) is 3.44. The van der Waals surface area contributed by atoms with Gasteiger partial charge in [0.2, 0.25) is 5.91 Å². The van der Waals surface area contributed by atoms with Gasteiger partial charge in [0.15, 0.2) is 5.96 Å². The Balaban J connectivity index is 1.54. The molecule has 1 aliphatic heterocycles. The Morgan fingerprint density at radius 3 is 2.58 bits per heavy atom. The molecule has 1 amide bonds. The highest BCUT2D eigenvalue weighted by Crippen LogP contribution is 2.18. The van der Waals surface area contributed by atoms with E-state index in [1.807, 2.05) is 44.4 Å². The number of carbonyl (C=O) groups is 1. The van der Waals surface area contributed by atoms with E-state index in [0.29, 0.717) is 6.54 Å². The Labute approximate surface area is 186 Å². The van der Waals surface area contributed by atoms with Crippen molar-refractivity contribution in [3.05, 3.63) is 65.7 Å². The van der Waals surface area contributed by atoms with E-state index in [4.69, 9.17) is 4.99 Å². The number of hydrogen-bond acceptors (Lipinski definition) is 3. The number of rotatable bonds is 8. The maximum atomic E-state index is 12.4. The highest BCUT2D eigenvalue weighted by atomic mass is 16.2. The minimum Gasteiger partial charge on any atom is -0.356 e. The van der Waals surface area contributed by atoms with Crippen LogP contribution in [0.4, 0.5) is 5.69 Å². The first-order valence-electron chi connectivity index (χ1n) is 11.1. The molecule has 1 aliphatic rings. The second kappa shape index (κ2) is 11.5. The van der Waals surface area contributed by atoms with Gasteiger partial charge in [-0.15, -0.1) is 0 Å². The minimum absolute atomic E-state index is 0.0344. The fourth-order valence-corrected chi connectivity index (χ4v) is 3.82. The predicted molar refractivity (Wildman–Crippen MR) is 128 cm³/mol. The topological polar surface area (TPSA) is 60.0 Å². The Morgan fingerprint density at radius 1 is 1.13 bits per heavy atom. The predicted octanol–water partition coefficient (Wildman–Crippen LogP) is 3.50. The molecule has 0 aromatic heterocycles. The molecule has 1 atom stereocenters. The van der Waals surface area contributed by atoms with Crippen LogP contribution in [0.5, 0.6) is 0 Å². The molecule has 31 heavy (non-hydrogen) atoms. The third-order valence-corrected chi connectivity index (χ3v) is 5.58. The summed E-state index contributed by atoms with van der Waals surface area (Å²) in [6.45, 7) is 5.42. The Morgan fingerprint density at radius 2 is 1.87 bits per heavy atom. The van der Waals surface area contributed by atoms with Crippen LogP contribution in [0, 0.1) is 6.92 Å². The van der Waals surface area contributed by atoms with E-state index >= 15 is 0 Å². The van der Waals surface area contributed by atoms with E-state index < -0.39 is 0 Å². The smallest absolute Gasteiger partial charge is 0.239 e. The van der Waals surface area contributed by atoms with Crippen molar-refractivity contribution in [1.29, 1.82) is 0 Å². The van der Waals surface area contributed by atoms with Crippen LogP contribution in [0.25, 0.3) is 0 Å². The van der Waals surface area contributed by atoms with Crippen LogP contribution in [-0.4, -0.2) is 61.4 Å². The van der Waals surface area contributed by atoms with Crippen LogP contribution in [0.15, 0.2) is 59.6 Å². The first-order chi connectivity index (χ1) is 15.0. The van der Waals surface area contributed by atoms with Gasteiger partial charge in [-0.3, -0.25) is 9.69 Å². The Hall–Kier alpha value is -2.86. The number of aryl methyl sites for hydroxylation is 1. The average Bonchev–Trinajstić information content (AvgIpc) is 3.24. The largest absolute Gasteiger partial charge is 0.356 e. The third kappa shape index (κ3) is 7.10. The van der Waals surface area contributed by atoms with Gasteiger partial charge in [0.1, 0.15) is 0 Å². The molecule has 0 spiro atoms. The number of likely N-dealkylation sites (N-methyl/N-ethyl adjacent to an activating group) is 1. The number of anilines is 1. The Kier molecular flexibility index (Phi) is 8.47. The lowest BCUT2D eigenvalue weighted by molar-refractivity contribution is -0.133. The summed E-state index contributed by atoms with van der Waals surface area (Å²) in [6, 6.07) is 18.6. The number of carbonyl (C=O) groups excluding carboxylic acids is 1. The summed E-state index contributed by atoms with van der Waals surface area (Å²) in [5, 5.41) is 6.85. The molecule has 2 aromatic carbocycles. The number of nitrogens with one attached hydrogen (secondary N) is 2. The zero-order valence-corrected chi connectivity index (χ0v) is 19.0. The second-order valence-electron chi connectivity index (χ2n) is 8.35. The molecule has 0 saturated carbocycles. The molecule has 1 saturated heterocycles. The lowest BCUT2D eigenvalue weighted by Gasteiger charge is -2.26. The van der Waals surface area contributed by atoms with Gasteiger partial charge in [-0.2, -0.15) is 0 Å². The lowest BCUT2D eigenvalue weighted by atomic mass is 10.1. The normalized spacial score (nSPS) is 16.9. The summed E-state index contributed by atoms with van der Waals surface area (Å²) in [5.74, 6) is 0.991. The van der Waals surface area contributed by atoms with Crippen molar-refractivity contribution < 1.29 is 4.79 Å². The second-order valence-corrected chi connectivity index (χ2v) is 8.35. The van der Waals surface area contributed by atoms with Crippen LogP contribution in [-0.2, 0) is 11.3 Å². The van der Waals surface area contributed by atoms with Crippen LogP contribution >= 0.6 is 0 Å². The third-order valence-electron chi connectivity index (χ3n) is 5.58. The molecule has 3 rings (SSSR count). The van der Waals surface area contributed by atoms with Gasteiger partial charge >= 0.3 is 0 Å². The van der Waals surface area contributed by atoms with Crippen molar-refractivity contribution >= 4 is 17.6 Å². The van der Waals surface area contributed by atoms with Crippen LogP contribution in [0.3, 0.4) is 0 Å². The monoisotopic (exact) mass is 421 g/mol. The lowest BCUT2D eigenvalue weighted by Crippen LogP contribution is -2.43. The van der Waals surface area contributed by atoms with Crippen LogP contribution < -0.4 is 10.6 Å². The molecule has 1 fully saturated rings. The summed E-state index contributed by atoms with van der Waals surface area (Å²) in [7, 11) is 3.68. The molecule has 6 heteroatoms. The number of likely N-dealkylation sites (tertiary alicyclic amines) is 1. The van der Waals surface area contributed by atoms with E-state index in [1.165, 1.54) is 11.1 Å². The summed E-state index contributed by atoms with van der Waals surface area (Å²) < 4.78 is 0. The average molecular weight is 422 g/mol. The fraction of sp³-hybridized carbons (Fsp3) is 0.440. The zero-order chi connectivity index (χ0) is 22.1. The van der Waals surface area contributed by atoms with Gasteiger partial charge in [-0.1, -0.05) is 48.0 Å². The molecule has 0 aliphatic carbocycles. The van der Waals surface area contributed by atoms with E-state index in [2.05, 4.69) is 46.7 Å². The molecule has 0 bridgehead atoms. The van der Waals surface area contributed by atoms with Gasteiger partial charge in [0.25, 0.3) is 0 Å². The van der Waals surface area contributed by atoms with Gasteiger partial charge in [0.05, 0.1) is 12.6 Å². The Bertz CT molecular complexity index is 848. The molecule has 6 nitrogen and oxygen atoms in total. The molecule has 1 heterocycles. The number of para-hydroxylation sites is 1. The number of hydrogen-bond donors (Lipinski definition) is 2. The van der Waals surface area contributed by atoms with Gasteiger partial charge in [-0.25, -0.2) is 4.99 Å². The maximum absolute atomic E-state index is 12.4. The summed E-state index contributed by atoms with van der Waals surface area (Å²) >= 11 is 0. The van der Waals surface area contributed by atoms with Crippen molar-refractivity contribution in [2.45, 2.75) is 38.8 Å². The first-order valence-corrected chi connectivity index (χ1v) is 11.1. The molecule has 0 radical (unpaired) electrons. The van der Waals surface area contributed by atoms with Gasteiger partial charge in [0, 0.05) is 32.9 Å². The van der Waals surface area contributed by atoms with Gasteiger partial charge < -0.3 is 15.5 Å². The molecule has 166 valence electrons. The van der Waals surface area contributed by atoms with Crippen LogP contribution in [0.1, 0.15) is 30.4 Å². The number of amides is 1. The van der Waals surface area contributed by atoms with Crippen molar-refractivity contribution in [2.24, 2.45) is 4.99 Å². The number of benzene rings is 2. The molecule has 1 unspecified atom stereocenters. The first kappa shape index (κ1) is 22.8. The summed E-state index contributed by atoms with van der Waals surface area (Å²) in [4.78, 5) is 21.2. The quantitative estimate of drug-likeness (QED) is 0.389. The van der Waals surface area contributed by atoms with Crippen molar-refractivity contribution in [3.8, 4) is 0 Å².